The summed E-state index contributed by atoms with van der Waals surface area (Å²) in [7, 11) is 1.63. The van der Waals surface area contributed by atoms with E-state index < -0.39 is 0 Å². The maximum absolute atomic E-state index is 8.93. The minimum Gasteiger partial charge on any atom is -0.493 e. The van der Waals surface area contributed by atoms with E-state index >= 15 is 0 Å². The Kier molecular flexibility index (Phi) is 9.64. The number of ether oxygens (including phenoxy) is 2. The van der Waals surface area contributed by atoms with Gasteiger partial charge in [0.05, 0.1) is 20.3 Å². The molecule has 0 bridgehead atoms. The minimum absolute atomic E-state index is 0. The van der Waals surface area contributed by atoms with Crippen LogP contribution in [0, 0.1) is 11.8 Å². The van der Waals surface area contributed by atoms with E-state index in [0.29, 0.717) is 18.0 Å². The molecule has 1 saturated carbocycles. The van der Waals surface area contributed by atoms with Crippen LogP contribution in [-0.2, 0) is 6.54 Å². The molecule has 1 aromatic rings. The summed E-state index contributed by atoms with van der Waals surface area (Å²) >= 11 is 0. The molecule has 0 aromatic heterocycles. The van der Waals surface area contributed by atoms with Crippen molar-refractivity contribution in [3.8, 4) is 11.5 Å². The van der Waals surface area contributed by atoms with Crippen LogP contribution in [0.15, 0.2) is 23.2 Å². The third kappa shape index (κ3) is 5.89. The van der Waals surface area contributed by atoms with Crippen LogP contribution >= 0.6 is 24.0 Å². The standard InChI is InChI=1S/C21H33N3O3.HI/c1-3-22-21(24-14-17-6-4-5-7-18(17)15-24)23-13-16-8-9-19(27-11-10-25)20(12-16)26-2;/h8-9,12,17-18,25H,3-7,10-11,13-15H2,1-2H3,(H,22,23);1H. The average molecular weight is 503 g/mol. The fourth-order valence-corrected chi connectivity index (χ4v) is 4.26. The van der Waals surface area contributed by atoms with Crippen molar-refractivity contribution in [1.82, 2.24) is 10.2 Å². The predicted molar refractivity (Wildman–Crippen MR) is 123 cm³/mol. The Morgan fingerprint density at radius 2 is 1.93 bits per heavy atom. The lowest BCUT2D eigenvalue weighted by Crippen LogP contribution is -2.40. The van der Waals surface area contributed by atoms with E-state index in [1.54, 1.807) is 7.11 Å². The van der Waals surface area contributed by atoms with Crippen molar-refractivity contribution in [2.24, 2.45) is 16.8 Å². The van der Waals surface area contributed by atoms with E-state index in [9.17, 15) is 0 Å². The van der Waals surface area contributed by atoms with Gasteiger partial charge in [0, 0.05) is 19.6 Å². The molecule has 28 heavy (non-hydrogen) atoms. The Balaban J connectivity index is 0.00000280. The minimum atomic E-state index is -0.0148. The number of nitrogens with zero attached hydrogens (tertiary/aromatic N) is 2. The normalized spacial score (nSPS) is 21.7. The molecule has 2 fully saturated rings. The first-order chi connectivity index (χ1) is 13.2. The molecule has 1 aromatic carbocycles. The first-order valence-electron chi connectivity index (χ1n) is 10.2. The van der Waals surface area contributed by atoms with E-state index in [2.05, 4.69) is 17.1 Å². The summed E-state index contributed by atoms with van der Waals surface area (Å²) in [6.45, 7) is 6.11. The maximum atomic E-state index is 8.93. The average Bonchev–Trinajstić information content (AvgIpc) is 3.13. The van der Waals surface area contributed by atoms with Crippen molar-refractivity contribution in [3.63, 3.8) is 0 Å². The molecule has 6 nitrogen and oxygen atoms in total. The number of hydrogen-bond donors (Lipinski definition) is 2. The molecule has 2 N–H and O–H groups in total. The van der Waals surface area contributed by atoms with Gasteiger partial charge in [-0.05, 0) is 49.3 Å². The Bertz CT molecular complexity index is 627. The molecule has 1 heterocycles. The van der Waals surface area contributed by atoms with Crippen molar-refractivity contribution < 1.29 is 14.6 Å². The number of methoxy groups -OCH3 is 1. The lowest BCUT2D eigenvalue weighted by molar-refractivity contribution is 0.196. The molecule has 1 aliphatic heterocycles. The fraction of sp³-hybridized carbons (Fsp3) is 0.667. The molecular weight excluding hydrogens is 469 g/mol. The number of nitrogens with one attached hydrogen (secondary N) is 1. The van der Waals surface area contributed by atoms with Gasteiger partial charge in [0.25, 0.3) is 0 Å². The Morgan fingerprint density at radius 3 is 2.54 bits per heavy atom. The van der Waals surface area contributed by atoms with E-state index in [1.807, 2.05) is 18.2 Å². The van der Waals surface area contributed by atoms with Gasteiger partial charge >= 0.3 is 0 Å². The number of hydrogen-bond acceptors (Lipinski definition) is 4. The van der Waals surface area contributed by atoms with Gasteiger partial charge in [-0.25, -0.2) is 4.99 Å². The van der Waals surface area contributed by atoms with Crippen molar-refractivity contribution >= 4 is 29.9 Å². The fourth-order valence-electron chi connectivity index (χ4n) is 4.26. The van der Waals surface area contributed by atoms with Crippen LogP contribution in [0.5, 0.6) is 11.5 Å². The Labute approximate surface area is 185 Å². The molecule has 0 radical (unpaired) electrons. The lowest BCUT2D eigenvalue weighted by Gasteiger charge is -2.22. The highest BCUT2D eigenvalue weighted by Crippen LogP contribution is 2.36. The van der Waals surface area contributed by atoms with E-state index in [1.165, 1.54) is 25.7 Å². The van der Waals surface area contributed by atoms with Gasteiger partial charge in [-0.15, -0.1) is 24.0 Å². The number of likely N-dealkylation sites (tertiary alicyclic amines) is 1. The number of rotatable bonds is 7. The van der Waals surface area contributed by atoms with Crippen molar-refractivity contribution in [3.05, 3.63) is 23.8 Å². The zero-order valence-electron chi connectivity index (χ0n) is 17.0. The largest absolute Gasteiger partial charge is 0.493 e. The van der Waals surface area contributed by atoms with E-state index in [-0.39, 0.29) is 37.2 Å². The van der Waals surface area contributed by atoms with Crippen molar-refractivity contribution in [2.75, 3.05) is 40.0 Å². The number of aliphatic imine (C=N–C) groups is 1. The topological polar surface area (TPSA) is 66.3 Å². The van der Waals surface area contributed by atoms with Crippen molar-refractivity contribution in [1.29, 1.82) is 0 Å². The summed E-state index contributed by atoms with van der Waals surface area (Å²) in [6, 6.07) is 5.85. The molecule has 1 saturated heterocycles. The highest BCUT2D eigenvalue weighted by molar-refractivity contribution is 14.0. The number of aliphatic hydroxyl groups excluding tert-OH is 1. The number of fused-ring (bicyclic) bond motifs is 1. The van der Waals surface area contributed by atoms with Crippen LogP contribution in [-0.4, -0.2) is 55.9 Å². The van der Waals surface area contributed by atoms with Gasteiger partial charge in [-0.3, -0.25) is 0 Å². The summed E-state index contributed by atoms with van der Waals surface area (Å²) < 4.78 is 10.9. The third-order valence-electron chi connectivity index (χ3n) is 5.60. The predicted octanol–water partition coefficient (Wildman–Crippen LogP) is 3.27. The Hall–Kier alpha value is -1.22. The van der Waals surface area contributed by atoms with E-state index in [0.717, 1.165) is 43.0 Å². The molecule has 1 aliphatic carbocycles. The molecule has 2 unspecified atom stereocenters. The molecule has 2 atom stereocenters. The molecule has 2 aliphatic rings. The molecular formula is C21H34IN3O3. The number of guanidine groups is 1. The Morgan fingerprint density at radius 1 is 1.21 bits per heavy atom. The first kappa shape index (κ1) is 23.1. The quantitative estimate of drug-likeness (QED) is 0.340. The highest BCUT2D eigenvalue weighted by Gasteiger charge is 2.35. The molecule has 158 valence electrons. The molecule has 7 heteroatoms. The summed E-state index contributed by atoms with van der Waals surface area (Å²) in [6.07, 6.45) is 5.50. The van der Waals surface area contributed by atoms with Crippen LogP contribution in [0.1, 0.15) is 38.2 Å². The van der Waals surface area contributed by atoms with Gasteiger partial charge in [-0.2, -0.15) is 0 Å². The summed E-state index contributed by atoms with van der Waals surface area (Å²) in [5.41, 5.74) is 1.08. The second-order valence-corrected chi connectivity index (χ2v) is 7.44. The van der Waals surface area contributed by atoms with Crippen LogP contribution in [0.25, 0.3) is 0 Å². The van der Waals surface area contributed by atoms with Gasteiger partial charge in [-0.1, -0.05) is 18.9 Å². The van der Waals surface area contributed by atoms with Crippen LogP contribution in [0.3, 0.4) is 0 Å². The zero-order valence-corrected chi connectivity index (χ0v) is 19.4. The van der Waals surface area contributed by atoms with Crippen molar-refractivity contribution in [2.45, 2.75) is 39.2 Å². The van der Waals surface area contributed by atoms with Crippen LogP contribution in [0.2, 0.25) is 0 Å². The van der Waals surface area contributed by atoms with Gasteiger partial charge in [0.1, 0.15) is 6.61 Å². The SMILES string of the molecule is CCNC(=NCc1ccc(OCCO)c(OC)c1)N1CC2CCCCC2C1.I. The van der Waals surface area contributed by atoms with Gasteiger partial charge < -0.3 is 24.8 Å². The maximum Gasteiger partial charge on any atom is 0.194 e. The lowest BCUT2D eigenvalue weighted by atomic mass is 9.82. The van der Waals surface area contributed by atoms with Crippen LogP contribution in [0.4, 0.5) is 0 Å². The van der Waals surface area contributed by atoms with E-state index in [4.69, 9.17) is 19.6 Å². The van der Waals surface area contributed by atoms with Gasteiger partial charge in [0.2, 0.25) is 0 Å². The highest BCUT2D eigenvalue weighted by atomic mass is 127. The first-order valence-corrected chi connectivity index (χ1v) is 10.2. The number of aliphatic hydroxyl groups is 1. The van der Waals surface area contributed by atoms with Gasteiger partial charge in [0.15, 0.2) is 17.5 Å². The molecule has 0 amide bonds. The summed E-state index contributed by atoms with van der Waals surface area (Å²) in [4.78, 5) is 7.33. The van der Waals surface area contributed by atoms with Crippen LogP contribution < -0.4 is 14.8 Å². The number of benzene rings is 1. The third-order valence-corrected chi connectivity index (χ3v) is 5.60. The summed E-state index contributed by atoms with van der Waals surface area (Å²) in [5.74, 6) is 4.02. The number of halogens is 1. The smallest absolute Gasteiger partial charge is 0.194 e. The zero-order chi connectivity index (χ0) is 19.1. The summed E-state index contributed by atoms with van der Waals surface area (Å²) in [5, 5.41) is 12.4. The second kappa shape index (κ2) is 11.7. The molecule has 3 rings (SSSR count). The second-order valence-electron chi connectivity index (χ2n) is 7.44. The monoisotopic (exact) mass is 503 g/mol. The molecule has 0 spiro atoms.